The normalized spacial score (nSPS) is 25.7. The second kappa shape index (κ2) is 7.00. The summed E-state index contributed by atoms with van der Waals surface area (Å²) in [7, 11) is 0. The second-order valence-corrected chi connectivity index (χ2v) is 7.46. The molecule has 126 valence electrons. The molecule has 3 rings (SSSR count). The average Bonchev–Trinajstić information content (AvgIpc) is 2.51. The quantitative estimate of drug-likeness (QED) is 0.850. The largest absolute Gasteiger partial charge is 0.335 e. The number of halogens is 1. The van der Waals surface area contributed by atoms with Gasteiger partial charge in [-0.1, -0.05) is 26.0 Å². The number of fused-ring (bicyclic) bond motifs is 1. The van der Waals surface area contributed by atoms with Gasteiger partial charge < -0.3 is 9.80 Å². The number of carbonyl (C=O) groups excluding carboxylic acids is 1. The smallest absolute Gasteiger partial charge is 0.223 e. The maximum atomic E-state index is 13.1. The van der Waals surface area contributed by atoms with Crippen LogP contribution >= 0.6 is 0 Å². The van der Waals surface area contributed by atoms with Gasteiger partial charge in [-0.05, 0) is 42.4 Å². The van der Waals surface area contributed by atoms with Crippen molar-refractivity contribution >= 4 is 5.91 Å². The van der Waals surface area contributed by atoms with Gasteiger partial charge in [0.15, 0.2) is 0 Å². The third kappa shape index (κ3) is 3.92. The maximum Gasteiger partial charge on any atom is 0.223 e. The van der Waals surface area contributed by atoms with Crippen LogP contribution in [-0.4, -0.2) is 41.4 Å². The van der Waals surface area contributed by atoms with E-state index >= 15 is 0 Å². The molecule has 0 N–H and O–H groups in total. The van der Waals surface area contributed by atoms with Crippen LogP contribution in [0.2, 0.25) is 0 Å². The Balaban J connectivity index is 1.68. The summed E-state index contributed by atoms with van der Waals surface area (Å²) < 4.78 is 13.1. The highest BCUT2D eigenvalue weighted by Gasteiger charge is 2.39. The molecule has 0 unspecified atom stereocenters. The molecule has 1 aromatic carbocycles. The predicted molar refractivity (Wildman–Crippen MR) is 89.4 cm³/mol. The van der Waals surface area contributed by atoms with Gasteiger partial charge in [-0.3, -0.25) is 4.79 Å². The van der Waals surface area contributed by atoms with Gasteiger partial charge in [0, 0.05) is 38.6 Å². The summed E-state index contributed by atoms with van der Waals surface area (Å²) in [6.45, 7) is 8.47. The lowest BCUT2D eigenvalue weighted by Crippen LogP contribution is -2.55. The number of carbonyl (C=O) groups is 1. The predicted octanol–water partition coefficient (Wildman–Crippen LogP) is 3.29. The maximum absolute atomic E-state index is 13.1. The summed E-state index contributed by atoms with van der Waals surface area (Å²) in [5, 5.41) is 0. The Hall–Kier alpha value is -1.42. The molecule has 0 spiro atoms. The highest BCUT2D eigenvalue weighted by atomic mass is 19.1. The van der Waals surface area contributed by atoms with Crippen LogP contribution in [0.4, 0.5) is 4.39 Å². The summed E-state index contributed by atoms with van der Waals surface area (Å²) in [6.07, 6.45) is 2.72. The fourth-order valence-corrected chi connectivity index (χ4v) is 4.10. The van der Waals surface area contributed by atoms with Crippen LogP contribution in [-0.2, 0) is 11.3 Å². The van der Waals surface area contributed by atoms with E-state index in [2.05, 4.69) is 18.7 Å². The summed E-state index contributed by atoms with van der Waals surface area (Å²) in [5.74, 6) is 1.30. The van der Waals surface area contributed by atoms with Crippen LogP contribution in [0.15, 0.2) is 24.3 Å². The molecule has 2 saturated heterocycles. The molecule has 0 radical (unpaired) electrons. The topological polar surface area (TPSA) is 23.6 Å². The molecular weight excluding hydrogens is 291 g/mol. The zero-order valence-electron chi connectivity index (χ0n) is 14.2. The van der Waals surface area contributed by atoms with Crippen molar-refractivity contribution in [3.8, 4) is 0 Å². The van der Waals surface area contributed by atoms with Crippen molar-refractivity contribution in [1.29, 1.82) is 0 Å². The van der Waals surface area contributed by atoms with Crippen molar-refractivity contribution in [2.75, 3.05) is 19.6 Å². The fourth-order valence-electron chi connectivity index (χ4n) is 4.10. The highest BCUT2D eigenvalue weighted by molar-refractivity contribution is 5.77. The van der Waals surface area contributed by atoms with Crippen LogP contribution in [0.1, 0.15) is 38.7 Å². The summed E-state index contributed by atoms with van der Waals surface area (Å²) in [4.78, 5) is 17.0. The van der Waals surface area contributed by atoms with Crippen molar-refractivity contribution in [3.63, 3.8) is 0 Å². The first-order valence-corrected chi connectivity index (χ1v) is 8.79. The first-order chi connectivity index (χ1) is 11.0. The number of rotatable bonds is 4. The molecule has 3 nitrogen and oxygen atoms in total. The van der Waals surface area contributed by atoms with Gasteiger partial charge in [0.05, 0.1) is 0 Å². The van der Waals surface area contributed by atoms with Gasteiger partial charge in [0.2, 0.25) is 5.91 Å². The molecule has 4 heteroatoms. The number of hydrogen-bond acceptors (Lipinski definition) is 2. The summed E-state index contributed by atoms with van der Waals surface area (Å²) in [5.41, 5.74) is 1.02. The molecule has 2 fully saturated rings. The van der Waals surface area contributed by atoms with Crippen LogP contribution in [0.5, 0.6) is 0 Å². The Morgan fingerprint density at radius 1 is 1.22 bits per heavy atom. The van der Waals surface area contributed by atoms with E-state index in [1.165, 1.54) is 12.1 Å². The number of nitrogens with zero attached hydrogens (tertiary/aromatic N) is 2. The average molecular weight is 318 g/mol. The Bertz CT molecular complexity index is 543. The zero-order valence-corrected chi connectivity index (χ0v) is 14.2. The van der Waals surface area contributed by atoms with Crippen LogP contribution in [0, 0.1) is 17.7 Å². The van der Waals surface area contributed by atoms with Crippen LogP contribution in [0.25, 0.3) is 0 Å². The van der Waals surface area contributed by atoms with E-state index in [0.29, 0.717) is 30.8 Å². The van der Waals surface area contributed by atoms with Crippen molar-refractivity contribution in [1.82, 2.24) is 9.80 Å². The molecule has 0 aromatic heterocycles. The first-order valence-electron chi connectivity index (χ1n) is 8.79. The SMILES string of the molecule is CC(C)CN1CC[C@H]2[C@H](CCC(=O)N2Cc2ccc(F)cc2)C1. The minimum atomic E-state index is -0.224. The molecule has 23 heavy (non-hydrogen) atoms. The van der Waals surface area contributed by atoms with E-state index < -0.39 is 0 Å². The number of benzene rings is 1. The molecule has 2 atom stereocenters. The third-order valence-corrected chi connectivity index (χ3v) is 5.12. The lowest BCUT2D eigenvalue weighted by Gasteiger charge is -2.47. The van der Waals surface area contributed by atoms with E-state index in [0.717, 1.165) is 38.0 Å². The third-order valence-electron chi connectivity index (χ3n) is 5.12. The van der Waals surface area contributed by atoms with E-state index in [-0.39, 0.29) is 11.7 Å². The molecule has 0 saturated carbocycles. The first kappa shape index (κ1) is 16.4. The van der Waals surface area contributed by atoms with Gasteiger partial charge in [0.1, 0.15) is 5.82 Å². The number of hydrogen-bond donors (Lipinski definition) is 0. The Morgan fingerprint density at radius 3 is 2.65 bits per heavy atom. The molecule has 1 aromatic rings. The lowest BCUT2D eigenvalue weighted by atomic mass is 9.83. The Kier molecular flexibility index (Phi) is 5.00. The van der Waals surface area contributed by atoms with Gasteiger partial charge in [-0.25, -0.2) is 4.39 Å². The molecule has 2 aliphatic heterocycles. The van der Waals surface area contributed by atoms with E-state index in [9.17, 15) is 9.18 Å². The molecule has 2 aliphatic rings. The highest BCUT2D eigenvalue weighted by Crippen LogP contribution is 2.32. The standard InChI is InChI=1S/C19H27FN2O/c1-14(2)11-21-10-9-18-16(13-21)5-8-19(23)22(18)12-15-3-6-17(20)7-4-15/h3-4,6-7,14,16,18H,5,8-13H2,1-2H3/t16-,18+/m1/s1. The van der Waals surface area contributed by atoms with Crippen molar-refractivity contribution in [2.24, 2.45) is 11.8 Å². The minimum absolute atomic E-state index is 0.224. The van der Waals surface area contributed by atoms with Crippen molar-refractivity contribution in [3.05, 3.63) is 35.6 Å². The Morgan fingerprint density at radius 2 is 1.96 bits per heavy atom. The number of piperidine rings is 2. The van der Waals surface area contributed by atoms with Gasteiger partial charge in [-0.15, -0.1) is 0 Å². The molecular formula is C19H27FN2O. The second-order valence-electron chi connectivity index (χ2n) is 7.46. The van der Waals surface area contributed by atoms with Gasteiger partial charge in [0.25, 0.3) is 0 Å². The van der Waals surface area contributed by atoms with Crippen molar-refractivity contribution < 1.29 is 9.18 Å². The van der Waals surface area contributed by atoms with E-state index in [1.54, 1.807) is 12.1 Å². The zero-order chi connectivity index (χ0) is 16.4. The monoisotopic (exact) mass is 318 g/mol. The fraction of sp³-hybridized carbons (Fsp3) is 0.632. The van der Waals surface area contributed by atoms with Crippen LogP contribution in [0.3, 0.4) is 0 Å². The molecule has 1 amide bonds. The summed E-state index contributed by atoms with van der Waals surface area (Å²) >= 11 is 0. The number of amides is 1. The lowest BCUT2D eigenvalue weighted by molar-refractivity contribution is -0.142. The number of likely N-dealkylation sites (tertiary alicyclic amines) is 2. The minimum Gasteiger partial charge on any atom is -0.335 e. The van der Waals surface area contributed by atoms with Gasteiger partial charge in [-0.2, -0.15) is 0 Å². The molecule has 2 heterocycles. The van der Waals surface area contributed by atoms with Crippen LogP contribution < -0.4 is 0 Å². The van der Waals surface area contributed by atoms with Gasteiger partial charge >= 0.3 is 0 Å². The van der Waals surface area contributed by atoms with E-state index in [1.807, 2.05) is 4.90 Å². The molecule has 0 aliphatic carbocycles. The molecule has 0 bridgehead atoms. The Labute approximate surface area is 138 Å². The van der Waals surface area contributed by atoms with Crippen molar-refractivity contribution in [2.45, 2.75) is 45.7 Å². The van der Waals surface area contributed by atoms with E-state index in [4.69, 9.17) is 0 Å². The summed E-state index contributed by atoms with van der Waals surface area (Å²) in [6, 6.07) is 6.89.